The van der Waals surface area contributed by atoms with E-state index in [2.05, 4.69) is 84.4 Å². The van der Waals surface area contributed by atoms with Crippen molar-refractivity contribution in [2.75, 3.05) is 13.6 Å². The second-order valence-corrected chi connectivity index (χ2v) is 7.41. The van der Waals surface area contributed by atoms with E-state index in [0.717, 1.165) is 25.7 Å². The van der Waals surface area contributed by atoms with Crippen molar-refractivity contribution >= 4 is 0 Å². The van der Waals surface area contributed by atoms with Crippen LogP contribution in [0.25, 0.3) is 0 Å². The van der Waals surface area contributed by atoms with Gasteiger partial charge in [0.25, 0.3) is 0 Å². The molecule has 0 aliphatic heterocycles. The standard InChI is InChI=1S/C23H32N2/c1-3-24(2)22-14-16-23(17-15-22)25(18-20-10-6-4-7-11-20)19-21-12-8-5-9-13-21/h4-13,22-23H,3,14-19H2,1-2H3/t22-,23-. The molecule has 2 aromatic rings. The number of rotatable bonds is 7. The average Bonchev–Trinajstić information content (AvgIpc) is 2.68. The Hall–Kier alpha value is -1.64. The fourth-order valence-electron chi connectivity index (χ4n) is 4.07. The summed E-state index contributed by atoms with van der Waals surface area (Å²) < 4.78 is 0. The predicted molar refractivity (Wildman–Crippen MR) is 106 cm³/mol. The molecule has 3 rings (SSSR count). The molecule has 0 amide bonds. The van der Waals surface area contributed by atoms with E-state index in [4.69, 9.17) is 0 Å². The maximum Gasteiger partial charge on any atom is 0.0240 e. The molecule has 0 bridgehead atoms. The predicted octanol–water partition coefficient (Wildman–Crippen LogP) is 4.95. The zero-order chi connectivity index (χ0) is 17.5. The van der Waals surface area contributed by atoms with E-state index in [1.807, 2.05) is 0 Å². The van der Waals surface area contributed by atoms with Crippen molar-refractivity contribution in [1.29, 1.82) is 0 Å². The van der Waals surface area contributed by atoms with E-state index in [1.165, 1.54) is 36.8 Å². The smallest absolute Gasteiger partial charge is 0.0240 e. The lowest BCUT2D eigenvalue weighted by molar-refractivity contribution is 0.0991. The van der Waals surface area contributed by atoms with Crippen LogP contribution in [0.5, 0.6) is 0 Å². The van der Waals surface area contributed by atoms with E-state index in [-0.39, 0.29) is 0 Å². The molecule has 2 heteroatoms. The van der Waals surface area contributed by atoms with Gasteiger partial charge in [0.1, 0.15) is 0 Å². The minimum absolute atomic E-state index is 0.696. The minimum atomic E-state index is 0.696. The van der Waals surface area contributed by atoms with E-state index >= 15 is 0 Å². The number of benzene rings is 2. The van der Waals surface area contributed by atoms with Crippen LogP contribution in [0.1, 0.15) is 43.7 Å². The molecule has 0 spiro atoms. The van der Waals surface area contributed by atoms with E-state index < -0.39 is 0 Å². The Morgan fingerprint density at radius 2 is 1.16 bits per heavy atom. The Bertz CT molecular complexity index is 561. The Balaban J connectivity index is 1.68. The molecule has 2 nitrogen and oxygen atoms in total. The fraction of sp³-hybridized carbons (Fsp3) is 0.478. The summed E-state index contributed by atoms with van der Waals surface area (Å²) in [7, 11) is 2.27. The Labute approximate surface area is 153 Å². The summed E-state index contributed by atoms with van der Waals surface area (Å²) in [5, 5.41) is 0. The highest BCUT2D eigenvalue weighted by molar-refractivity contribution is 5.17. The molecule has 134 valence electrons. The van der Waals surface area contributed by atoms with Crippen molar-refractivity contribution in [3.05, 3.63) is 71.8 Å². The highest BCUT2D eigenvalue weighted by Crippen LogP contribution is 2.28. The Morgan fingerprint density at radius 3 is 1.60 bits per heavy atom. The van der Waals surface area contributed by atoms with E-state index in [9.17, 15) is 0 Å². The molecule has 0 atom stereocenters. The number of hydrogen-bond acceptors (Lipinski definition) is 2. The summed E-state index contributed by atoms with van der Waals surface area (Å²) in [6, 6.07) is 23.3. The van der Waals surface area contributed by atoms with Crippen LogP contribution in [0.15, 0.2) is 60.7 Å². The van der Waals surface area contributed by atoms with Gasteiger partial charge in [-0.1, -0.05) is 67.6 Å². The molecule has 0 saturated heterocycles. The third-order valence-corrected chi connectivity index (χ3v) is 5.76. The Morgan fingerprint density at radius 1 is 0.720 bits per heavy atom. The molecule has 0 heterocycles. The molecule has 0 aromatic heterocycles. The first kappa shape index (κ1) is 18.2. The topological polar surface area (TPSA) is 6.48 Å². The number of hydrogen-bond donors (Lipinski definition) is 0. The van der Waals surface area contributed by atoms with Crippen LogP contribution < -0.4 is 0 Å². The largest absolute Gasteiger partial charge is 0.304 e. The average molecular weight is 337 g/mol. The van der Waals surface area contributed by atoms with Gasteiger partial charge in [-0.05, 0) is 50.4 Å². The van der Waals surface area contributed by atoms with Crippen LogP contribution in [-0.2, 0) is 13.1 Å². The molecule has 2 aromatic carbocycles. The van der Waals surface area contributed by atoms with Gasteiger partial charge in [-0.3, -0.25) is 4.90 Å². The van der Waals surface area contributed by atoms with Crippen molar-refractivity contribution in [2.24, 2.45) is 0 Å². The minimum Gasteiger partial charge on any atom is -0.304 e. The van der Waals surface area contributed by atoms with Gasteiger partial charge in [-0.25, -0.2) is 0 Å². The molecular weight excluding hydrogens is 304 g/mol. The van der Waals surface area contributed by atoms with Crippen LogP contribution >= 0.6 is 0 Å². The summed E-state index contributed by atoms with van der Waals surface area (Å²) in [4.78, 5) is 5.22. The van der Waals surface area contributed by atoms with Gasteiger partial charge < -0.3 is 4.90 Å². The second kappa shape index (κ2) is 9.17. The molecule has 1 fully saturated rings. The zero-order valence-electron chi connectivity index (χ0n) is 15.8. The van der Waals surface area contributed by atoms with Gasteiger partial charge >= 0.3 is 0 Å². The first-order chi connectivity index (χ1) is 12.3. The summed E-state index contributed by atoms with van der Waals surface area (Å²) in [5.74, 6) is 0. The molecule has 25 heavy (non-hydrogen) atoms. The van der Waals surface area contributed by atoms with Crippen molar-refractivity contribution in [3.8, 4) is 0 Å². The third-order valence-electron chi connectivity index (χ3n) is 5.76. The summed E-state index contributed by atoms with van der Waals surface area (Å²) in [5.41, 5.74) is 2.84. The highest BCUT2D eigenvalue weighted by Gasteiger charge is 2.27. The van der Waals surface area contributed by atoms with E-state index in [1.54, 1.807) is 0 Å². The molecule has 1 aliphatic carbocycles. The van der Waals surface area contributed by atoms with Crippen molar-refractivity contribution in [2.45, 2.75) is 57.8 Å². The number of nitrogens with zero attached hydrogens (tertiary/aromatic N) is 2. The van der Waals surface area contributed by atoms with Crippen LogP contribution in [0.3, 0.4) is 0 Å². The molecule has 1 aliphatic rings. The first-order valence-corrected chi connectivity index (χ1v) is 9.78. The van der Waals surface area contributed by atoms with E-state index in [0.29, 0.717) is 6.04 Å². The van der Waals surface area contributed by atoms with Crippen LogP contribution in [0, 0.1) is 0 Å². The second-order valence-electron chi connectivity index (χ2n) is 7.41. The Kier molecular flexibility index (Phi) is 6.66. The lowest BCUT2D eigenvalue weighted by Crippen LogP contribution is -2.42. The lowest BCUT2D eigenvalue weighted by atomic mass is 9.89. The quantitative estimate of drug-likeness (QED) is 0.706. The van der Waals surface area contributed by atoms with Crippen LogP contribution in [0.4, 0.5) is 0 Å². The maximum absolute atomic E-state index is 2.70. The van der Waals surface area contributed by atoms with Crippen molar-refractivity contribution < 1.29 is 0 Å². The van der Waals surface area contributed by atoms with Gasteiger partial charge in [-0.15, -0.1) is 0 Å². The van der Waals surface area contributed by atoms with Crippen molar-refractivity contribution in [1.82, 2.24) is 9.80 Å². The molecule has 0 radical (unpaired) electrons. The summed E-state index contributed by atoms with van der Waals surface area (Å²) >= 11 is 0. The monoisotopic (exact) mass is 336 g/mol. The summed E-state index contributed by atoms with van der Waals surface area (Å²) in [6.07, 6.45) is 5.29. The first-order valence-electron chi connectivity index (χ1n) is 9.78. The lowest BCUT2D eigenvalue weighted by Gasteiger charge is -2.39. The molecule has 1 saturated carbocycles. The van der Waals surface area contributed by atoms with Gasteiger partial charge in [0.05, 0.1) is 0 Å². The van der Waals surface area contributed by atoms with Gasteiger partial charge in [0.15, 0.2) is 0 Å². The fourth-order valence-corrected chi connectivity index (χ4v) is 4.07. The normalized spacial score (nSPS) is 21.0. The summed E-state index contributed by atoms with van der Waals surface area (Å²) in [6.45, 7) is 5.53. The maximum atomic E-state index is 2.70. The molecule has 0 N–H and O–H groups in total. The van der Waals surface area contributed by atoms with Crippen LogP contribution in [-0.4, -0.2) is 35.5 Å². The SMILES string of the molecule is CCN(C)[C@H]1CC[C@H](N(Cc2ccccc2)Cc2ccccc2)CC1. The van der Waals surface area contributed by atoms with Crippen molar-refractivity contribution in [3.63, 3.8) is 0 Å². The third kappa shape index (κ3) is 5.17. The zero-order valence-corrected chi connectivity index (χ0v) is 15.8. The molecule has 0 unspecified atom stereocenters. The van der Waals surface area contributed by atoms with Crippen LogP contribution in [0.2, 0.25) is 0 Å². The van der Waals surface area contributed by atoms with Gasteiger partial charge in [-0.2, -0.15) is 0 Å². The van der Waals surface area contributed by atoms with Gasteiger partial charge in [0.2, 0.25) is 0 Å². The van der Waals surface area contributed by atoms with Gasteiger partial charge in [0, 0.05) is 25.2 Å². The molecular formula is C23H32N2. The highest BCUT2D eigenvalue weighted by atomic mass is 15.2.